The van der Waals surface area contributed by atoms with Crippen molar-refractivity contribution in [1.82, 2.24) is 0 Å². The summed E-state index contributed by atoms with van der Waals surface area (Å²) in [4.78, 5) is 10.9. The Morgan fingerprint density at radius 2 is 1.32 bits per heavy atom. The van der Waals surface area contributed by atoms with Crippen molar-refractivity contribution in [3.05, 3.63) is 97.6 Å². The van der Waals surface area contributed by atoms with E-state index in [9.17, 15) is 20.3 Å². The Hall–Kier alpha value is -3.34. The topological polar surface area (TPSA) is 83.6 Å². The van der Waals surface area contributed by atoms with Gasteiger partial charge in [0.05, 0.1) is 4.92 Å². The van der Waals surface area contributed by atoms with Gasteiger partial charge in [0, 0.05) is 29.2 Å². The molecule has 0 radical (unpaired) electrons. The number of nitro benzene ring substituents is 1. The van der Waals surface area contributed by atoms with Crippen molar-refractivity contribution >= 4 is 5.69 Å². The van der Waals surface area contributed by atoms with E-state index in [1.807, 2.05) is 52.0 Å². The molecule has 0 heterocycles. The van der Waals surface area contributed by atoms with Crippen LogP contribution < -0.4 is 0 Å². The molecule has 0 saturated carbocycles. The molecule has 3 aromatic carbocycles. The molecule has 144 valence electrons. The second kappa shape index (κ2) is 7.35. The largest absolute Gasteiger partial charge is 0.507 e. The number of aryl methyl sites for hydroxylation is 4. The van der Waals surface area contributed by atoms with Crippen LogP contribution in [0.4, 0.5) is 5.69 Å². The lowest BCUT2D eigenvalue weighted by Gasteiger charge is -2.23. The van der Waals surface area contributed by atoms with Gasteiger partial charge in [0.15, 0.2) is 0 Å². The molecular weight excluding hydrogens is 354 g/mol. The Balaban J connectivity index is 2.36. The molecule has 0 saturated heterocycles. The molecular formula is C23H23NO4. The first-order valence-electron chi connectivity index (χ1n) is 9.03. The van der Waals surface area contributed by atoms with Crippen LogP contribution in [0, 0.1) is 37.8 Å². The highest BCUT2D eigenvalue weighted by atomic mass is 16.6. The molecule has 0 unspecified atom stereocenters. The zero-order valence-electron chi connectivity index (χ0n) is 16.4. The van der Waals surface area contributed by atoms with Crippen molar-refractivity contribution in [1.29, 1.82) is 0 Å². The molecule has 0 atom stereocenters. The van der Waals surface area contributed by atoms with E-state index >= 15 is 0 Å². The van der Waals surface area contributed by atoms with Crippen molar-refractivity contribution in [3.8, 4) is 11.5 Å². The Kier molecular flexibility index (Phi) is 5.10. The summed E-state index contributed by atoms with van der Waals surface area (Å²) < 4.78 is 0. The molecule has 5 nitrogen and oxygen atoms in total. The van der Waals surface area contributed by atoms with Gasteiger partial charge in [-0.3, -0.25) is 10.1 Å². The van der Waals surface area contributed by atoms with E-state index in [1.165, 1.54) is 12.1 Å². The molecule has 0 aromatic heterocycles. The molecule has 28 heavy (non-hydrogen) atoms. The van der Waals surface area contributed by atoms with Crippen molar-refractivity contribution in [3.63, 3.8) is 0 Å². The molecule has 0 aliphatic heterocycles. The van der Waals surface area contributed by atoms with Gasteiger partial charge in [0.1, 0.15) is 11.5 Å². The smallest absolute Gasteiger partial charge is 0.269 e. The highest BCUT2D eigenvalue weighted by molar-refractivity contribution is 5.58. The maximum atomic E-state index is 11.3. The normalized spacial score (nSPS) is 11.0. The van der Waals surface area contributed by atoms with Crippen LogP contribution in [0.3, 0.4) is 0 Å². The zero-order valence-corrected chi connectivity index (χ0v) is 16.4. The molecule has 3 aromatic rings. The number of hydrogen-bond donors (Lipinski definition) is 2. The summed E-state index contributed by atoms with van der Waals surface area (Å²) in [5.74, 6) is -0.293. The quantitative estimate of drug-likeness (QED) is 0.361. The van der Waals surface area contributed by atoms with Crippen molar-refractivity contribution < 1.29 is 15.1 Å². The second-order valence-corrected chi connectivity index (χ2v) is 7.32. The van der Waals surface area contributed by atoms with E-state index < -0.39 is 10.8 Å². The van der Waals surface area contributed by atoms with Gasteiger partial charge >= 0.3 is 0 Å². The summed E-state index contributed by atoms with van der Waals surface area (Å²) in [6.07, 6.45) is 0. The van der Waals surface area contributed by atoms with Crippen LogP contribution in [0.25, 0.3) is 0 Å². The van der Waals surface area contributed by atoms with E-state index in [0.29, 0.717) is 27.8 Å². The van der Waals surface area contributed by atoms with Crippen molar-refractivity contribution in [2.45, 2.75) is 33.6 Å². The molecule has 0 bridgehead atoms. The number of non-ortho nitro benzene ring substituents is 1. The van der Waals surface area contributed by atoms with Crippen LogP contribution in [0.1, 0.15) is 44.9 Å². The van der Waals surface area contributed by atoms with E-state index in [0.717, 1.165) is 11.1 Å². The SMILES string of the molecule is Cc1cc(C)c(O)c(C(c2cccc([N+](=O)[O-])c2)c2cc(C)cc(C)c2O)c1. The van der Waals surface area contributed by atoms with Gasteiger partial charge < -0.3 is 10.2 Å². The third-order valence-electron chi connectivity index (χ3n) is 4.98. The lowest BCUT2D eigenvalue weighted by atomic mass is 9.81. The lowest BCUT2D eigenvalue weighted by molar-refractivity contribution is -0.384. The molecule has 0 aliphatic rings. The van der Waals surface area contributed by atoms with Crippen LogP contribution in [0.5, 0.6) is 11.5 Å². The highest BCUT2D eigenvalue weighted by Gasteiger charge is 2.26. The first kappa shape index (κ1) is 19.4. The van der Waals surface area contributed by atoms with Gasteiger partial charge in [-0.1, -0.05) is 47.5 Å². The van der Waals surface area contributed by atoms with Crippen molar-refractivity contribution in [2.24, 2.45) is 0 Å². The van der Waals surface area contributed by atoms with Gasteiger partial charge in [-0.05, 0) is 44.4 Å². The average Bonchev–Trinajstić information content (AvgIpc) is 2.63. The summed E-state index contributed by atoms with van der Waals surface area (Å²) in [5, 5.41) is 32.9. The van der Waals surface area contributed by atoms with Crippen LogP contribution in [-0.4, -0.2) is 15.1 Å². The molecule has 2 N–H and O–H groups in total. The minimum absolute atomic E-state index is 0.0322. The number of aromatic hydroxyl groups is 2. The van der Waals surface area contributed by atoms with Crippen LogP contribution in [-0.2, 0) is 0 Å². The minimum atomic E-state index is -0.544. The third kappa shape index (κ3) is 3.56. The van der Waals surface area contributed by atoms with Crippen LogP contribution in [0.15, 0.2) is 48.5 Å². The Morgan fingerprint density at radius 3 is 1.79 bits per heavy atom. The monoisotopic (exact) mass is 377 g/mol. The van der Waals surface area contributed by atoms with Gasteiger partial charge in [-0.25, -0.2) is 0 Å². The summed E-state index contributed by atoms with van der Waals surface area (Å²) in [5.41, 5.74) is 5.18. The molecule has 0 fully saturated rings. The number of phenolic OH excluding ortho intramolecular Hbond substituents is 2. The molecule has 0 spiro atoms. The summed E-state index contributed by atoms with van der Waals surface area (Å²) in [6, 6.07) is 13.8. The molecule has 5 heteroatoms. The maximum absolute atomic E-state index is 11.3. The third-order valence-corrected chi connectivity index (χ3v) is 4.98. The average molecular weight is 377 g/mol. The van der Waals surface area contributed by atoms with Crippen LogP contribution in [0.2, 0.25) is 0 Å². The fraction of sp³-hybridized carbons (Fsp3) is 0.217. The van der Waals surface area contributed by atoms with E-state index in [-0.39, 0.29) is 17.2 Å². The number of rotatable bonds is 4. The first-order valence-corrected chi connectivity index (χ1v) is 9.03. The first-order chi connectivity index (χ1) is 13.2. The van der Waals surface area contributed by atoms with Gasteiger partial charge in [0.25, 0.3) is 5.69 Å². The predicted molar refractivity (Wildman–Crippen MR) is 109 cm³/mol. The minimum Gasteiger partial charge on any atom is -0.507 e. The standard InChI is InChI=1S/C23H23NO4/c1-13-8-15(3)22(25)19(10-13)21(17-6-5-7-18(12-17)24(27)28)20-11-14(2)9-16(4)23(20)26/h5-12,21,25-26H,1-4H3. The number of phenols is 2. The fourth-order valence-electron chi connectivity index (χ4n) is 3.77. The van der Waals surface area contributed by atoms with Crippen LogP contribution >= 0.6 is 0 Å². The summed E-state index contributed by atoms with van der Waals surface area (Å²) in [7, 11) is 0. The maximum Gasteiger partial charge on any atom is 0.269 e. The van der Waals surface area contributed by atoms with Crippen molar-refractivity contribution in [2.75, 3.05) is 0 Å². The van der Waals surface area contributed by atoms with E-state index in [1.54, 1.807) is 12.1 Å². The highest BCUT2D eigenvalue weighted by Crippen LogP contribution is 2.43. The zero-order chi connectivity index (χ0) is 20.6. The fourth-order valence-corrected chi connectivity index (χ4v) is 3.77. The molecule has 3 rings (SSSR count). The molecule has 0 amide bonds. The molecule has 0 aliphatic carbocycles. The Bertz CT molecular complexity index is 1010. The number of benzene rings is 3. The summed E-state index contributed by atoms with van der Waals surface area (Å²) in [6.45, 7) is 7.50. The van der Waals surface area contributed by atoms with Gasteiger partial charge in [-0.15, -0.1) is 0 Å². The summed E-state index contributed by atoms with van der Waals surface area (Å²) >= 11 is 0. The lowest BCUT2D eigenvalue weighted by Crippen LogP contribution is -2.07. The Labute approximate surface area is 164 Å². The number of hydrogen-bond acceptors (Lipinski definition) is 4. The Morgan fingerprint density at radius 1 is 0.821 bits per heavy atom. The number of nitro groups is 1. The predicted octanol–water partition coefficient (Wildman–Crippen LogP) is 5.42. The number of nitrogens with zero attached hydrogens (tertiary/aromatic N) is 1. The van der Waals surface area contributed by atoms with E-state index in [2.05, 4.69) is 0 Å². The van der Waals surface area contributed by atoms with Gasteiger partial charge in [0.2, 0.25) is 0 Å². The van der Waals surface area contributed by atoms with Gasteiger partial charge in [-0.2, -0.15) is 0 Å². The van der Waals surface area contributed by atoms with E-state index in [4.69, 9.17) is 0 Å². The second-order valence-electron chi connectivity index (χ2n) is 7.32.